The van der Waals surface area contributed by atoms with Gasteiger partial charge in [0.15, 0.2) is 0 Å². The Balaban J connectivity index is 1.75. The predicted molar refractivity (Wildman–Crippen MR) is 66.3 cm³/mol. The number of nitrogens with zero attached hydrogens (tertiary/aromatic N) is 2. The summed E-state index contributed by atoms with van der Waals surface area (Å²) in [6, 6.07) is 13.0. The first-order chi connectivity index (χ1) is 8.31. The summed E-state index contributed by atoms with van der Waals surface area (Å²) in [5, 5.41) is 8.93. The summed E-state index contributed by atoms with van der Waals surface area (Å²) in [4.78, 5) is 2.13. The molecule has 0 radical (unpaired) electrons. The van der Waals surface area contributed by atoms with Gasteiger partial charge in [0.25, 0.3) is 0 Å². The zero-order chi connectivity index (χ0) is 12.1. The Kier molecular flexibility index (Phi) is 4.13. The Morgan fingerprint density at radius 2 is 2.12 bits per heavy atom. The molecule has 1 heterocycles. The standard InChI is InChI=1S/C14H18N2O/c1-16-13(9-15)7-8-14(16)11-17-10-12-5-3-2-4-6-12/h2-6,13-14H,7-8,10-11H2,1H3/t13-,14-/m0/s1. The van der Waals surface area contributed by atoms with Gasteiger partial charge in [0.05, 0.1) is 25.3 Å². The summed E-state index contributed by atoms with van der Waals surface area (Å²) in [6.07, 6.45) is 2.02. The van der Waals surface area contributed by atoms with Gasteiger partial charge in [-0.15, -0.1) is 0 Å². The number of likely N-dealkylation sites (N-methyl/N-ethyl adjacent to an activating group) is 1. The first kappa shape index (κ1) is 12.1. The molecule has 2 atom stereocenters. The van der Waals surface area contributed by atoms with Crippen LogP contribution in [0.15, 0.2) is 30.3 Å². The van der Waals surface area contributed by atoms with Gasteiger partial charge < -0.3 is 4.74 Å². The number of benzene rings is 1. The Labute approximate surface area is 103 Å². The minimum Gasteiger partial charge on any atom is -0.375 e. The second kappa shape index (κ2) is 5.81. The third kappa shape index (κ3) is 3.06. The molecule has 3 nitrogen and oxygen atoms in total. The Bertz CT molecular complexity index is 385. The van der Waals surface area contributed by atoms with Crippen molar-refractivity contribution >= 4 is 0 Å². The molecule has 0 spiro atoms. The van der Waals surface area contributed by atoms with E-state index in [-0.39, 0.29) is 6.04 Å². The molecule has 0 amide bonds. The lowest BCUT2D eigenvalue weighted by molar-refractivity contribution is 0.0707. The summed E-state index contributed by atoms with van der Waals surface area (Å²) in [5.74, 6) is 0. The number of rotatable bonds is 4. The van der Waals surface area contributed by atoms with Crippen molar-refractivity contribution in [3.8, 4) is 6.07 Å². The Morgan fingerprint density at radius 1 is 1.35 bits per heavy atom. The van der Waals surface area contributed by atoms with Crippen LogP contribution in [0.3, 0.4) is 0 Å². The summed E-state index contributed by atoms with van der Waals surface area (Å²) < 4.78 is 5.72. The zero-order valence-electron chi connectivity index (χ0n) is 10.2. The molecule has 3 heteroatoms. The molecule has 1 saturated heterocycles. The van der Waals surface area contributed by atoms with Crippen molar-refractivity contribution in [2.45, 2.75) is 31.5 Å². The maximum absolute atomic E-state index is 8.93. The van der Waals surface area contributed by atoms with Gasteiger partial charge in [0, 0.05) is 6.04 Å². The lowest BCUT2D eigenvalue weighted by atomic mass is 10.2. The minimum atomic E-state index is 0.0697. The molecular formula is C14H18N2O. The fraction of sp³-hybridized carbons (Fsp3) is 0.500. The van der Waals surface area contributed by atoms with E-state index in [0.29, 0.717) is 19.3 Å². The van der Waals surface area contributed by atoms with Crippen molar-refractivity contribution in [2.24, 2.45) is 0 Å². The highest BCUT2D eigenvalue weighted by Crippen LogP contribution is 2.21. The highest BCUT2D eigenvalue weighted by Gasteiger charge is 2.30. The Hall–Kier alpha value is -1.37. The van der Waals surface area contributed by atoms with E-state index in [9.17, 15) is 0 Å². The summed E-state index contributed by atoms with van der Waals surface area (Å²) in [5.41, 5.74) is 1.20. The molecular weight excluding hydrogens is 212 g/mol. The van der Waals surface area contributed by atoms with E-state index in [1.54, 1.807) is 0 Å². The molecule has 1 aliphatic rings. The monoisotopic (exact) mass is 230 g/mol. The normalized spacial score (nSPS) is 24.7. The largest absolute Gasteiger partial charge is 0.375 e. The van der Waals surface area contributed by atoms with Crippen LogP contribution in [0.2, 0.25) is 0 Å². The number of nitriles is 1. The van der Waals surface area contributed by atoms with Gasteiger partial charge in [-0.25, -0.2) is 0 Å². The van der Waals surface area contributed by atoms with Gasteiger partial charge in [-0.05, 0) is 25.5 Å². The van der Waals surface area contributed by atoms with Crippen LogP contribution in [0.4, 0.5) is 0 Å². The molecule has 0 bridgehead atoms. The number of ether oxygens (including phenoxy) is 1. The summed E-state index contributed by atoms with van der Waals surface area (Å²) in [6.45, 7) is 1.37. The maximum Gasteiger partial charge on any atom is 0.0979 e. The summed E-state index contributed by atoms with van der Waals surface area (Å²) in [7, 11) is 2.01. The van der Waals surface area contributed by atoms with E-state index < -0.39 is 0 Å². The highest BCUT2D eigenvalue weighted by atomic mass is 16.5. The molecule has 1 aliphatic heterocycles. The summed E-state index contributed by atoms with van der Waals surface area (Å²) >= 11 is 0. The van der Waals surface area contributed by atoms with Crippen LogP contribution in [0, 0.1) is 11.3 Å². The number of likely N-dealkylation sites (tertiary alicyclic amines) is 1. The first-order valence-corrected chi connectivity index (χ1v) is 6.04. The third-order valence-electron chi connectivity index (χ3n) is 3.41. The van der Waals surface area contributed by atoms with Crippen molar-refractivity contribution in [1.29, 1.82) is 5.26 Å². The van der Waals surface area contributed by atoms with Gasteiger partial charge in [0.1, 0.15) is 0 Å². The molecule has 17 heavy (non-hydrogen) atoms. The van der Waals surface area contributed by atoms with Crippen LogP contribution < -0.4 is 0 Å². The van der Waals surface area contributed by atoms with Crippen molar-refractivity contribution in [1.82, 2.24) is 4.90 Å². The SMILES string of the molecule is CN1[C@H](COCc2ccccc2)CC[C@H]1C#N. The number of hydrogen-bond acceptors (Lipinski definition) is 3. The highest BCUT2D eigenvalue weighted by molar-refractivity contribution is 5.13. The van der Waals surface area contributed by atoms with Crippen LogP contribution >= 0.6 is 0 Å². The van der Waals surface area contributed by atoms with Gasteiger partial charge in [-0.3, -0.25) is 4.90 Å². The fourth-order valence-corrected chi connectivity index (χ4v) is 2.26. The lowest BCUT2D eigenvalue weighted by Crippen LogP contribution is -2.34. The van der Waals surface area contributed by atoms with Crippen LogP contribution in [-0.4, -0.2) is 30.6 Å². The molecule has 1 aromatic carbocycles. The van der Waals surface area contributed by atoms with E-state index in [0.717, 1.165) is 12.8 Å². The van der Waals surface area contributed by atoms with Gasteiger partial charge in [-0.2, -0.15) is 5.26 Å². The molecule has 0 saturated carbocycles. The smallest absolute Gasteiger partial charge is 0.0979 e. The fourth-order valence-electron chi connectivity index (χ4n) is 2.26. The average Bonchev–Trinajstić information content (AvgIpc) is 2.72. The predicted octanol–water partition coefficient (Wildman–Crippen LogP) is 2.19. The van der Waals surface area contributed by atoms with Gasteiger partial charge >= 0.3 is 0 Å². The van der Waals surface area contributed by atoms with E-state index >= 15 is 0 Å². The molecule has 0 aliphatic carbocycles. The third-order valence-corrected chi connectivity index (χ3v) is 3.41. The van der Waals surface area contributed by atoms with Crippen LogP contribution in [0.25, 0.3) is 0 Å². The lowest BCUT2D eigenvalue weighted by Gasteiger charge is -2.21. The molecule has 2 rings (SSSR count). The first-order valence-electron chi connectivity index (χ1n) is 6.04. The molecule has 1 aromatic rings. The van der Waals surface area contributed by atoms with Crippen molar-refractivity contribution in [3.63, 3.8) is 0 Å². The number of hydrogen-bond donors (Lipinski definition) is 0. The maximum atomic E-state index is 8.93. The molecule has 0 unspecified atom stereocenters. The quantitative estimate of drug-likeness (QED) is 0.795. The van der Waals surface area contributed by atoms with E-state index in [1.165, 1.54) is 5.56 Å². The van der Waals surface area contributed by atoms with Gasteiger partial charge in [-0.1, -0.05) is 30.3 Å². The zero-order valence-corrected chi connectivity index (χ0v) is 10.2. The average molecular weight is 230 g/mol. The van der Waals surface area contributed by atoms with Crippen LogP contribution in [-0.2, 0) is 11.3 Å². The van der Waals surface area contributed by atoms with E-state index in [2.05, 4.69) is 23.1 Å². The van der Waals surface area contributed by atoms with E-state index in [1.807, 2.05) is 25.2 Å². The molecule has 0 aromatic heterocycles. The second-order valence-corrected chi connectivity index (χ2v) is 4.54. The van der Waals surface area contributed by atoms with Crippen molar-refractivity contribution in [3.05, 3.63) is 35.9 Å². The molecule has 1 fully saturated rings. The second-order valence-electron chi connectivity index (χ2n) is 4.54. The minimum absolute atomic E-state index is 0.0697. The topological polar surface area (TPSA) is 36.3 Å². The molecule has 90 valence electrons. The van der Waals surface area contributed by atoms with Crippen LogP contribution in [0.1, 0.15) is 18.4 Å². The molecule has 0 N–H and O–H groups in total. The Morgan fingerprint density at radius 3 is 2.76 bits per heavy atom. The van der Waals surface area contributed by atoms with Crippen LogP contribution in [0.5, 0.6) is 0 Å². The van der Waals surface area contributed by atoms with E-state index in [4.69, 9.17) is 10.00 Å². The van der Waals surface area contributed by atoms with Crippen molar-refractivity contribution in [2.75, 3.05) is 13.7 Å². The van der Waals surface area contributed by atoms with Gasteiger partial charge in [0.2, 0.25) is 0 Å². The van der Waals surface area contributed by atoms with Crippen molar-refractivity contribution < 1.29 is 4.74 Å².